The Morgan fingerprint density at radius 3 is 2.16 bits per heavy atom. The van der Waals surface area contributed by atoms with Crippen LogP contribution >= 0.6 is 11.8 Å². The van der Waals surface area contributed by atoms with E-state index in [1.165, 1.54) is 5.56 Å². The smallest absolute Gasteiger partial charge is 0.205 e. The molecular weight excluding hydrogens is 272 g/mol. The molecule has 0 fully saturated rings. The highest BCUT2D eigenvalue weighted by molar-refractivity contribution is 7.98. The van der Waals surface area contributed by atoms with Gasteiger partial charge >= 0.3 is 0 Å². The van der Waals surface area contributed by atoms with E-state index in [-0.39, 0.29) is 5.41 Å². The number of hydrogen-bond donors (Lipinski definition) is 0. The van der Waals surface area contributed by atoms with E-state index >= 15 is 0 Å². The highest BCUT2D eigenvalue weighted by atomic mass is 32.2. The van der Waals surface area contributed by atoms with Crippen molar-refractivity contribution < 1.29 is 4.43 Å². The van der Waals surface area contributed by atoms with E-state index in [0.29, 0.717) is 6.61 Å². The Hall–Kier alpha value is -0.393. The molecule has 1 radical (unpaired) electrons. The Morgan fingerprint density at radius 1 is 1.16 bits per heavy atom. The first-order valence-electron chi connectivity index (χ1n) is 6.66. The molecule has 5 heteroatoms. The molecule has 0 aliphatic rings. The Kier molecular flexibility index (Phi) is 6.01. The van der Waals surface area contributed by atoms with Crippen molar-refractivity contribution in [3.8, 4) is 0 Å². The normalized spacial score (nSPS) is 12.2. The van der Waals surface area contributed by atoms with E-state index < -0.39 is 9.04 Å². The summed E-state index contributed by atoms with van der Waals surface area (Å²) in [5.74, 6) is 0. The lowest BCUT2D eigenvalue weighted by molar-refractivity contribution is 0.302. The van der Waals surface area contributed by atoms with Gasteiger partial charge in [0.15, 0.2) is 5.16 Å². The van der Waals surface area contributed by atoms with Crippen LogP contribution in [0.1, 0.15) is 44.6 Å². The fourth-order valence-corrected chi connectivity index (χ4v) is 2.89. The minimum absolute atomic E-state index is 0.0510. The largest absolute Gasteiger partial charge is 0.411 e. The van der Waals surface area contributed by atoms with Crippen molar-refractivity contribution in [1.29, 1.82) is 0 Å². The third-order valence-electron chi connectivity index (χ3n) is 2.80. The molecule has 0 bridgehead atoms. The zero-order chi connectivity index (χ0) is 14.6. The second kappa shape index (κ2) is 6.86. The topological polar surface area (TPSA) is 35.0 Å². The van der Waals surface area contributed by atoms with Crippen LogP contribution in [0.15, 0.2) is 5.16 Å². The molecule has 0 spiro atoms. The van der Waals surface area contributed by atoms with Gasteiger partial charge in [-0.05, 0) is 31.2 Å². The molecule has 107 valence electrons. The van der Waals surface area contributed by atoms with Crippen molar-refractivity contribution in [2.75, 3.05) is 6.26 Å². The molecule has 1 aromatic heterocycles. The summed E-state index contributed by atoms with van der Waals surface area (Å²) in [7, 11) is -0.699. The molecule has 0 amide bonds. The molecule has 1 aromatic rings. The summed E-state index contributed by atoms with van der Waals surface area (Å²) < 4.78 is 5.87. The van der Waals surface area contributed by atoms with E-state index in [1.807, 2.05) is 6.26 Å². The summed E-state index contributed by atoms with van der Waals surface area (Å²) in [5, 5.41) is 0.851. The van der Waals surface area contributed by atoms with Gasteiger partial charge in [-0.15, -0.1) is 0 Å². The van der Waals surface area contributed by atoms with Crippen molar-refractivity contribution in [3.63, 3.8) is 0 Å². The monoisotopic (exact) mass is 297 g/mol. The highest BCUT2D eigenvalue weighted by Gasteiger charge is 2.24. The van der Waals surface area contributed by atoms with E-state index in [1.54, 1.807) is 11.8 Å². The average molecular weight is 298 g/mol. The second-order valence-electron chi connectivity index (χ2n) is 5.78. The fourth-order valence-electron chi connectivity index (χ4n) is 2.06. The quantitative estimate of drug-likeness (QED) is 0.470. The first-order valence-corrected chi connectivity index (χ1v) is 10.3. The number of aryl methyl sites for hydroxylation is 1. The van der Waals surface area contributed by atoms with Gasteiger partial charge in [-0.25, -0.2) is 9.97 Å². The van der Waals surface area contributed by atoms with Crippen LogP contribution in [0.4, 0.5) is 0 Å². The number of thioether (sulfide) groups is 1. The van der Waals surface area contributed by atoms with Crippen LogP contribution in [0.5, 0.6) is 0 Å². The Bertz CT molecular complexity index is 430. The fraction of sp³-hybridized carbons (Fsp3) is 0.714. The maximum absolute atomic E-state index is 5.87. The van der Waals surface area contributed by atoms with Gasteiger partial charge in [0.2, 0.25) is 9.04 Å². The lowest BCUT2D eigenvalue weighted by Crippen LogP contribution is -2.22. The molecule has 1 heterocycles. The molecule has 0 saturated heterocycles. The summed E-state index contributed by atoms with van der Waals surface area (Å²) >= 11 is 1.60. The van der Waals surface area contributed by atoms with Crippen molar-refractivity contribution in [1.82, 2.24) is 9.97 Å². The molecule has 0 saturated carbocycles. The minimum atomic E-state index is -0.699. The molecule has 0 N–H and O–H groups in total. The van der Waals surface area contributed by atoms with Gasteiger partial charge in [-0.1, -0.05) is 39.5 Å². The predicted molar refractivity (Wildman–Crippen MR) is 84.2 cm³/mol. The lowest BCUT2D eigenvalue weighted by Gasteiger charge is -2.25. The molecule has 0 atom stereocenters. The zero-order valence-electron chi connectivity index (χ0n) is 13.1. The van der Waals surface area contributed by atoms with Crippen LogP contribution in [0.3, 0.4) is 0 Å². The van der Waals surface area contributed by atoms with E-state index in [4.69, 9.17) is 4.43 Å². The van der Waals surface area contributed by atoms with Crippen LogP contribution in [0.2, 0.25) is 13.1 Å². The predicted octanol–water partition coefficient (Wildman–Crippen LogP) is 3.83. The van der Waals surface area contributed by atoms with Gasteiger partial charge in [0.05, 0.1) is 12.3 Å². The van der Waals surface area contributed by atoms with E-state index in [9.17, 15) is 0 Å². The number of aromatic nitrogens is 2. The Balaban J connectivity index is 3.29. The maximum Gasteiger partial charge on any atom is 0.205 e. The highest BCUT2D eigenvalue weighted by Crippen LogP contribution is 2.30. The van der Waals surface area contributed by atoms with Gasteiger partial charge in [0.25, 0.3) is 0 Å². The SMILES string of the molecule is CCc1nc(SC)nc(CO[Si](C)C)c1C(C)(C)C. The van der Waals surface area contributed by atoms with Gasteiger partial charge in [-0.3, -0.25) is 0 Å². The van der Waals surface area contributed by atoms with Gasteiger partial charge in [-0.2, -0.15) is 0 Å². The van der Waals surface area contributed by atoms with Crippen LogP contribution in [0, 0.1) is 0 Å². The number of rotatable bonds is 5. The average Bonchev–Trinajstić information content (AvgIpc) is 2.33. The number of nitrogens with zero attached hydrogens (tertiary/aromatic N) is 2. The molecule has 0 aliphatic carbocycles. The van der Waals surface area contributed by atoms with E-state index in [2.05, 4.69) is 50.8 Å². The minimum Gasteiger partial charge on any atom is -0.411 e. The molecule has 19 heavy (non-hydrogen) atoms. The maximum atomic E-state index is 5.87. The lowest BCUT2D eigenvalue weighted by atomic mass is 9.84. The van der Waals surface area contributed by atoms with Crippen LogP contribution in [-0.4, -0.2) is 25.3 Å². The standard InChI is InChI=1S/C14H25N2OSSi/c1-8-10-12(14(2,3)4)11(9-17-19(6)7)16-13(15-10)18-5/h8-9H2,1-7H3. The Morgan fingerprint density at radius 2 is 1.74 bits per heavy atom. The molecule has 0 aromatic carbocycles. The van der Waals surface area contributed by atoms with Gasteiger partial charge in [0.1, 0.15) is 0 Å². The second-order valence-corrected chi connectivity index (χ2v) is 8.66. The van der Waals surface area contributed by atoms with Crippen LogP contribution < -0.4 is 0 Å². The Labute approximate surface area is 123 Å². The third kappa shape index (κ3) is 4.58. The van der Waals surface area contributed by atoms with Gasteiger partial charge < -0.3 is 4.43 Å². The van der Waals surface area contributed by atoms with Gasteiger partial charge in [0, 0.05) is 11.3 Å². The van der Waals surface area contributed by atoms with E-state index in [0.717, 1.165) is 23.0 Å². The summed E-state index contributed by atoms with van der Waals surface area (Å²) in [5.41, 5.74) is 3.53. The third-order valence-corrected chi connectivity index (χ3v) is 4.07. The molecule has 1 rings (SSSR count). The first kappa shape index (κ1) is 16.7. The molecule has 0 unspecified atom stereocenters. The van der Waals surface area contributed by atoms with Crippen molar-refractivity contribution in [2.24, 2.45) is 0 Å². The molecular formula is C14H25N2OSSi. The van der Waals surface area contributed by atoms with Crippen LogP contribution in [-0.2, 0) is 22.9 Å². The number of hydrogen-bond acceptors (Lipinski definition) is 4. The summed E-state index contributed by atoms with van der Waals surface area (Å²) in [4.78, 5) is 9.35. The molecule has 3 nitrogen and oxygen atoms in total. The zero-order valence-corrected chi connectivity index (χ0v) is 14.9. The van der Waals surface area contributed by atoms with Crippen molar-refractivity contribution in [2.45, 2.75) is 64.4 Å². The first-order chi connectivity index (χ1) is 8.79. The molecule has 0 aliphatic heterocycles. The van der Waals surface area contributed by atoms with Crippen molar-refractivity contribution in [3.05, 3.63) is 17.0 Å². The summed E-state index contributed by atoms with van der Waals surface area (Å²) in [6.45, 7) is 13.7. The van der Waals surface area contributed by atoms with Crippen LogP contribution in [0.25, 0.3) is 0 Å². The summed E-state index contributed by atoms with van der Waals surface area (Å²) in [6.07, 6.45) is 2.96. The summed E-state index contributed by atoms with van der Waals surface area (Å²) in [6, 6.07) is 0. The van der Waals surface area contributed by atoms with Crippen molar-refractivity contribution >= 4 is 20.8 Å².